The van der Waals surface area contributed by atoms with Crippen LogP contribution < -0.4 is 5.32 Å². The van der Waals surface area contributed by atoms with Crippen molar-refractivity contribution in [2.24, 2.45) is 0 Å². The van der Waals surface area contributed by atoms with E-state index in [4.69, 9.17) is 0 Å². The zero-order valence-corrected chi connectivity index (χ0v) is 8.70. The van der Waals surface area contributed by atoms with Crippen LogP contribution in [0.1, 0.15) is 12.8 Å². The highest BCUT2D eigenvalue weighted by molar-refractivity contribution is 5.31. The van der Waals surface area contributed by atoms with Gasteiger partial charge in [0.2, 0.25) is 0 Å². The van der Waals surface area contributed by atoms with E-state index in [9.17, 15) is 0 Å². The summed E-state index contributed by atoms with van der Waals surface area (Å²) >= 11 is 0. The van der Waals surface area contributed by atoms with Crippen LogP contribution >= 0.6 is 0 Å². The number of nitrogens with zero attached hydrogens (tertiary/aromatic N) is 3. The molecule has 1 aliphatic rings. The largest absolute Gasteiger partial charge is 0.367 e. The third kappa shape index (κ3) is 1.85. The molecule has 1 heterocycles. The molecule has 0 aliphatic heterocycles. The fourth-order valence-electron chi connectivity index (χ4n) is 1.57. The minimum Gasteiger partial charge on any atom is -0.367 e. The Morgan fingerprint density at radius 3 is 2.71 bits per heavy atom. The molecule has 1 saturated carbocycles. The number of hydrogen-bond donors (Lipinski definition) is 1. The highest BCUT2D eigenvalue weighted by atomic mass is 15.2. The SMILES string of the molecule is CN(C)C1(CNc2cnccn2)CC1. The van der Waals surface area contributed by atoms with Crippen molar-refractivity contribution < 1.29 is 0 Å². The zero-order chi connectivity index (χ0) is 10.0. The summed E-state index contributed by atoms with van der Waals surface area (Å²) in [6.07, 6.45) is 7.69. The van der Waals surface area contributed by atoms with Crippen molar-refractivity contribution in [3.8, 4) is 0 Å². The van der Waals surface area contributed by atoms with Gasteiger partial charge in [0.15, 0.2) is 0 Å². The van der Waals surface area contributed by atoms with Crippen LogP contribution in [0.4, 0.5) is 5.82 Å². The summed E-state index contributed by atoms with van der Waals surface area (Å²) in [6, 6.07) is 0. The Bertz CT molecular complexity index is 292. The van der Waals surface area contributed by atoms with Crippen LogP contribution in [-0.2, 0) is 0 Å². The average molecular weight is 192 g/mol. The van der Waals surface area contributed by atoms with E-state index in [1.807, 2.05) is 0 Å². The predicted octanol–water partition coefficient (Wildman–Crippen LogP) is 0.983. The summed E-state index contributed by atoms with van der Waals surface area (Å²) in [7, 11) is 4.26. The molecule has 0 saturated heterocycles. The second-order valence-corrected chi connectivity index (χ2v) is 4.06. The smallest absolute Gasteiger partial charge is 0.144 e. The van der Waals surface area contributed by atoms with Gasteiger partial charge in [-0.15, -0.1) is 0 Å². The summed E-state index contributed by atoms with van der Waals surface area (Å²) in [5, 5.41) is 3.31. The fourth-order valence-corrected chi connectivity index (χ4v) is 1.57. The van der Waals surface area contributed by atoms with Crippen molar-refractivity contribution in [2.75, 3.05) is 26.0 Å². The lowest BCUT2D eigenvalue weighted by atomic mass is 10.2. The Labute approximate surface area is 84.4 Å². The van der Waals surface area contributed by atoms with E-state index >= 15 is 0 Å². The molecule has 0 atom stereocenters. The third-order valence-corrected chi connectivity index (χ3v) is 2.94. The third-order valence-electron chi connectivity index (χ3n) is 2.94. The second-order valence-electron chi connectivity index (χ2n) is 4.06. The molecule has 76 valence electrons. The van der Waals surface area contributed by atoms with Gasteiger partial charge >= 0.3 is 0 Å². The molecule has 1 fully saturated rings. The minimum absolute atomic E-state index is 0.359. The maximum atomic E-state index is 4.18. The van der Waals surface area contributed by atoms with E-state index in [-0.39, 0.29) is 0 Å². The Morgan fingerprint density at radius 1 is 1.43 bits per heavy atom. The summed E-state index contributed by atoms with van der Waals surface area (Å²) in [5.74, 6) is 0.862. The monoisotopic (exact) mass is 192 g/mol. The fraction of sp³-hybridized carbons (Fsp3) is 0.600. The number of aromatic nitrogens is 2. The lowest BCUT2D eigenvalue weighted by molar-refractivity contribution is 0.284. The number of rotatable bonds is 4. The first kappa shape index (κ1) is 9.40. The molecular weight excluding hydrogens is 176 g/mol. The van der Waals surface area contributed by atoms with Crippen LogP contribution in [0.25, 0.3) is 0 Å². The number of hydrogen-bond acceptors (Lipinski definition) is 4. The van der Waals surface area contributed by atoms with Crippen LogP contribution in [0.5, 0.6) is 0 Å². The Balaban J connectivity index is 1.89. The highest BCUT2D eigenvalue weighted by Gasteiger charge is 2.44. The van der Waals surface area contributed by atoms with Gasteiger partial charge in [-0.05, 0) is 26.9 Å². The van der Waals surface area contributed by atoms with Gasteiger partial charge in [-0.3, -0.25) is 4.98 Å². The van der Waals surface area contributed by atoms with Gasteiger partial charge in [0.05, 0.1) is 6.20 Å². The van der Waals surface area contributed by atoms with Crippen molar-refractivity contribution in [2.45, 2.75) is 18.4 Å². The molecule has 0 unspecified atom stereocenters. The van der Waals surface area contributed by atoms with Gasteiger partial charge in [-0.2, -0.15) is 0 Å². The lowest BCUT2D eigenvalue weighted by Gasteiger charge is -2.23. The molecule has 0 aromatic carbocycles. The number of likely N-dealkylation sites (N-methyl/N-ethyl adjacent to an activating group) is 1. The lowest BCUT2D eigenvalue weighted by Crippen LogP contribution is -2.36. The molecule has 0 spiro atoms. The first-order valence-corrected chi connectivity index (χ1v) is 4.90. The summed E-state index contributed by atoms with van der Waals surface area (Å²) in [5.41, 5.74) is 0.359. The van der Waals surface area contributed by atoms with Gasteiger partial charge in [0.25, 0.3) is 0 Å². The van der Waals surface area contributed by atoms with Crippen molar-refractivity contribution in [3.05, 3.63) is 18.6 Å². The highest BCUT2D eigenvalue weighted by Crippen LogP contribution is 2.39. The molecule has 0 amide bonds. The molecule has 0 bridgehead atoms. The molecule has 14 heavy (non-hydrogen) atoms. The van der Waals surface area contributed by atoms with Gasteiger partial charge in [-0.25, -0.2) is 4.98 Å². The predicted molar refractivity (Wildman–Crippen MR) is 56.2 cm³/mol. The van der Waals surface area contributed by atoms with Gasteiger partial charge in [0, 0.05) is 24.5 Å². The molecule has 1 aromatic rings. The van der Waals surface area contributed by atoms with Crippen LogP contribution in [0.2, 0.25) is 0 Å². The first-order valence-electron chi connectivity index (χ1n) is 4.90. The Hall–Kier alpha value is -1.16. The molecule has 0 radical (unpaired) electrons. The molecule has 4 heteroatoms. The van der Waals surface area contributed by atoms with Crippen LogP contribution in [0.15, 0.2) is 18.6 Å². The summed E-state index contributed by atoms with van der Waals surface area (Å²) in [4.78, 5) is 10.5. The normalized spacial score (nSPS) is 18.2. The summed E-state index contributed by atoms with van der Waals surface area (Å²) < 4.78 is 0. The van der Waals surface area contributed by atoms with Gasteiger partial charge in [-0.1, -0.05) is 0 Å². The van der Waals surface area contributed by atoms with E-state index in [0.717, 1.165) is 12.4 Å². The van der Waals surface area contributed by atoms with E-state index in [2.05, 4.69) is 34.3 Å². The Kier molecular flexibility index (Phi) is 2.37. The van der Waals surface area contributed by atoms with Crippen molar-refractivity contribution in [3.63, 3.8) is 0 Å². The average Bonchev–Trinajstić information content (AvgIpc) is 2.97. The number of nitrogens with one attached hydrogen (secondary N) is 1. The van der Waals surface area contributed by atoms with Crippen LogP contribution in [0, 0.1) is 0 Å². The second kappa shape index (κ2) is 3.53. The number of anilines is 1. The van der Waals surface area contributed by atoms with E-state index in [1.54, 1.807) is 18.6 Å². The maximum absolute atomic E-state index is 4.18. The van der Waals surface area contributed by atoms with E-state index in [0.29, 0.717) is 5.54 Å². The zero-order valence-electron chi connectivity index (χ0n) is 8.70. The molecule has 4 nitrogen and oxygen atoms in total. The quantitative estimate of drug-likeness (QED) is 0.772. The molecule has 1 N–H and O–H groups in total. The van der Waals surface area contributed by atoms with E-state index < -0.39 is 0 Å². The molecule has 1 aromatic heterocycles. The van der Waals surface area contributed by atoms with E-state index in [1.165, 1.54) is 12.8 Å². The topological polar surface area (TPSA) is 41.0 Å². The van der Waals surface area contributed by atoms with Crippen molar-refractivity contribution >= 4 is 5.82 Å². The minimum atomic E-state index is 0.359. The van der Waals surface area contributed by atoms with Crippen molar-refractivity contribution in [1.82, 2.24) is 14.9 Å². The summed E-state index contributed by atoms with van der Waals surface area (Å²) in [6.45, 7) is 0.957. The van der Waals surface area contributed by atoms with Crippen LogP contribution in [-0.4, -0.2) is 41.0 Å². The van der Waals surface area contributed by atoms with Crippen molar-refractivity contribution in [1.29, 1.82) is 0 Å². The first-order chi connectivity index (χ1) is 6.73. The molecule has 2 rings (SSSR count). The Morgan fingerprint density at radius 2 is 2.21 bits per heavy atom. The maximum Gasteiger partial charge on any atom is 0.144 e. The molecule has 1 aliphatic carbocycles. The van der Waals surface area contributed by atoms with Gasteiger partial charge < -0.3 is 10.2 Å². The standard InChI is InChI=1S/C10H16N4/c1-14(2)10(3-4-10)8-13-9-7-11-5-6-12-9/h5-7H,3-4,8H2,1-2H3,(H,12,13). The van der Waals surface area contributed by atoms with Gasteiger partial charge in [0.1, 0.15) is 5.82 Å². The van der Waals surface area contributed by atoms with Crippen LogP contribution in [0.3, 0.4) is 0 Å². The molecular formula is C10H16N4.